The maximum atomic E-state index is 11.9. The van der Waals surface area contributed by atoms with E-state index in [-0.39, 0.29) is 18.9 Å². The average Bonchev–Trinajstić information content (AvgIpc) is 2.90. The third kappa shape index (κ3) is 4.15. The average molecular weight is 353 g/mol. The van der Waals surface area contributed by atoms with Gasteiger partial charge in [-0.2, -0.15) is 0 Å². The monoisotopic (exact) mass is 352 g/mol. The van der Waals surface area contributed by atoms with Gasteiger partial charge in [0.1, 0.15) is 5.76 Å². The highest BCUT2D eigenvalue weighted by atomic mass is 79.9. The van der Waals surface area contributed by atoms with Gasteiger partial charge in [-0.25, -0.2) is 0 Å². The molecule has 0 spiro atoms. The Kier molecular flexibility index (Phi) is 4.80. The first-order valence-corrected chi connectivity index (χ1v) is 7.32. The van der Waals surface area contributed by atoms with Crippen LogP contribution in [-0.4, -0.2) is 22.8 Å². The molecule has 0 aliphatic rings. The fourth-order valence-electron chi connectivity index (χ4n) is 1.71. The highest BCUT2D eigenvalue weighted by Crippen LogP contribution is 2.24. The van der Waals surface area contributed by atoms with Gasteiger partial charge in [-0.15, -0.1) is 0 Å². The van der Waals surface area contributed by atoms with Gasteiger partial charge < -0.3 is 14.9 Å². The summed E-state index contributed by atoms with van der Waals surface area (Å²) in [5, 5.41) is 15.8. The zero-order valence-electron chi connectivity index (χ0n) is 11.9. The van der Waals surface area contributed by atoms with Crippen molar-refractivity contribution in [2.75, 3.05) is 11.9 Å². The molecule has 1 aromatic heterocycles. The summed E-state index contributed by atoms with van der Waals surface area (Å²) in [5.41, 5.74) is 0.386. The number of aromatic nitrogens is 1. The van der Waals surface area contributed by atoms with Crippen LogP contribution in [0.1, 0.15) is 25.2 Å². The molecule has 0 bridgehead atoms. The number of rotatable bonds is 5. The minimum Gasteiger partial charge on any atom is -0.395 e. The molecule has 1 aromatic carbocycles. The molecule has 1 heterocycles. The Balaban J connectivity index is 1.98. The summed E-state index contributed by atoms with van der Waals surface area (Å²) in [7, 11) is 0. The van der Waals surface area contributed by atoms with Crippen molar-refractivity contribution in [1.29, 1.82) is 0 Å². The third-order valence-corrected chi connectivity index (χ3v) is 3.65. The van der Waals surface area contributed by atoms with Gasteiger partial charge in [0.2, 0.25) is 5.91 Å². The standard InChI is InChI=1S/C15H17BrN2O3/c1-15(2,9-19)12-8-13(18-21-12)17-14(20)7-10-3-5-11(16)6-4-10/h3-6,8,19H,7,9H2,1-2H3,(H,17,18,20). The van der Waals surface area contributed by atoms with Crippen molar-refractivity contribution in [2.24, 2.45) is 0 Å². The van der Waals surface area contributed by atoms with E-state index >= 15 is 0 Å². The van der Waals surface area contributed by atoms with Crippen LogP contribution in [0.4, 0.5) is 5.82 Å². The topological polar surface area (TPSA) is 75.4 Å². The van der Waals surface area contributed by atoms with Gasteiger partial charge in [0.15, 0.2) is 5.82 Å². The van der Waals surface area contributed by atoms with Crippen molar-refractivity contribution < 1.29 is 14.4 Å². The molecule has 0 fully saturated rings. The van der Waals surface area contributed by atoms with Crippen molar-refractivity contribution in [3.63, 3.8) is 0 Å². The molecule has 6 heteroatoms. The SMILES string of the molecule is CC(C)(CO)c1cc(NC(=O)Cc2ccc(Br)cc2)no1. The van der Waals surface area contributed by atoms with E-state index < -0.39 is 5.41 Å². The van der Waals surface area contributed by atoms with Gasteiger partial charge in [-0.3, -0.25) is 4.79 Å². The van der Waals surface area contributed by atoms with Crippen LogP contribution in [0.25, 0.3) is 0 Å². The maximum Gasteiger partial charge on any atom is 0.230 e. The minimum atomic E-state index is -0.526. The second-order valence-corrected chi connectivity index (χ2v) is 6.39. The molecular weight excluding hydrogens is 336 g/mol. The summed E-state index contributed by atoms with van der Waals surface area (Å²) in [6, 6.07) is 9.18. The molecule has 5 nitrogen and oxygen atoms in total. The molecule has 0 saturated carbocycles. The number of amides is 1. The quantitative estimate of drug-likeness (QED) is 0.867. The van der Waals surface area contributed by atoms with E-state index in [2.05, 4.69) is 26.4 Å². The fraction of sp³-hybridized carbons (Fsp3) is 0.333. The lowest BCUT2D eigenvalue weighted by atomic mass is 9.92. The molecule has 2 rings (SSSR count). The molecule has 112 valence electrons. The van der Waals surface area contributed by atoms with Crippen LogP contribution < -0.4 is 5.32 Å². The Morgan fingerprint density at radius 1 is 1.38 bits per heavy atom. The van der Waals surface area contributed by atoms with Crippen molar-refractivity contribution in [1.82, 2.24) is 5.16 Å². The van der Waals surface area contributed by atoms with Gasteiger partial charge in [0.05, 0.1) is 13.0 Å². The molecule has 0 saturated heterocycles. The first-order valence-electron chi connectivity index (χ1n) is 6.53. The Morgan fingerprint density at radius 3 is 2.67 bits per heavy atom. The maximum absolute atomic E-state index is 11.9. The molecule has 0 radical (unpaired) electrons. The van der Waals surface area contributed by atoms with Gasteiger partial charge in [-0.1, -0.05) is 47.1 Å². The Morgan fingerprint density at radius 2 is 2.05 bits per heavy atom. The summed E-state index contributed by atoms with van der Waals surface area (Å²) in [6.07, 6.45) is 0.263. The summed E-state index contributed by atoms with van der Waals surface area (Å²) in [5.74, 6) is 0.719. The zero-order valence-corrected chi connectivity index (χ0v) is 13.5. The van der Waals surface area contributed by atoms with Crippen LogP contribution in [0.2, 0.25) is 0 Å². The Hall–Kier alpha value is -1.66. The summed E-state index contributed by atoms with van der Waals surface area (Å²) < 4.78 is 6.13. The Labute approximate surface area is 131 Å². The first kappa shape index (κ1) is 15.7. The molecule has 2 aromatic rings. The summed E-state index contributed by atoms with van der Waals surface area (Å²) in [4.78, 5) is 11.9. The largest absolute Gasteiger partial charge is 0.395 e. The van der Waals surface area contributed by atoms with Gasteiger partial charge in [-0.05, 0) is 17.7 Å². The number of carbonyl (C=O) groups excluding carboxylic acids is 1. The van der Waals surface area contributed by atoms with Crippen molar-refractivity contribution in [3.8, 4) is 0 Å². The lowest BCUT2D eigenvalue weighted by Crippen LogP contribution is -2.21. The lowest BCUT2D eigenvalue weighted by molar-refractivity contribution is -0.115. The van der Waals surface area contributed by atoms with E-state index in [0.717, 1.165) is 10.0 Å². The van der Waals surface area contributed by atoms with Crippen LogP contribution >= 0.6 is 15.9 Å². The summed E-state index contributed by atoms with van der Waals surface area (Å²) >= 11 is 3.35. The van der Waals surface area contributed by atoms with Crippen LogP contribution in [0.15, 0.2) is 39.3 Å². The van der Waals surface area contributed by atoms with E-state index in [9.17, 15) is 9.90 Å². The van der Waals surface area contributed by atoms with Crippen molar-refractivity contribution in [3.05, 3.63) is 46.1 Å². The molecule has 1 amide bonds. The van der Waals surface area contributed by atoms with E-state index in [0.29, 0.717) is 11.6 Å². The normalized spacial score (nSPS) is 11.4. The highest BCUT2D eigenvalue weighted by Gasteiger charge is 2.25. The second-order valence-electron chi connectivity index (χ2n) is 5.47. The second kappa shape index (κ2) is 6.41. The number of hydrogen-bond acceptors (Lipinski definition) is 4. The van der Waals surface area contributed by atoms with E-state index in [4.69, 9.17) is 4.52 Å². The number of anilines is 1. The van der Waals surface area contributed by atoms with Crippen molar-refractivity contribution >= 4 is 27.7 Å². The van der Waals surface area contributed by atoms with E-state index in [1.54, 1.807) is 6.07 Å². The molecule has 0 atom stereocenters. The number of halogens is 1. The number of aliphatic hydroxyl groups is 1. The van der Waals surface area contributed by atoms with E-state index in [1.807, 2.05) is 38.1 Å². The van der Waals surface area contributed by atoms with Crippen LogP contribution in [0.5, 0.6) is 0 Å². The predicted octanol–water partition coefficient (Wildman–Crippen LogP) is 2.89. The molecule has 2 N–H and O–H groups in total. The number of nitrogens with one attached hydrogen (secondary N) is 1. The third-order valence-electron chi connectivity index (χ3n) is 3.12. The van der Waals surface area contributed by atoms with Crippen LogP contribution in [-0.2, 0) is 16.6 Å². The zero-order chi connectivity index (χ0) is 15.5. The molecule has 0 aliphatic carbocycles. The fourth-order valence-corrected chi connectivity index (χ4v) is 1.97. The Bertz CT molecular complexity index is 620. The van der Waals surface area contributed by atoms with Gasteiger partial charge in [0.25, 0.3) is 0 Å². The number of aliphatic hydroxyl groups excluding tert-OH is 1. The van der Waals surface area contributed by atoms with Crippen molar-refractivity contribution in [2.45, 2.75) is 25.7 Å². The smallest absolute Gasteiger partial charge is 0.230 e. The number of nitrogens with zero attached hydrogens (tertiary/aromatic N) is 1. The minimum absolute atomic E-state index is 0.0610. The highest BCUT2D eigenvalue weighted by molar-refractivity contribution is 9.10. The molecular formula is C15H17BrN2O3. The predicted molar refractivity (Wildman–Crippen MR) is 83.1 cm³/mol. The number of carbonyl (C=O) groups is 1. The van der Waals surface area contributed by atoms with E-state index in [1.165, 1.54) is 0 Å². The van der Waals surface area contributed by atoms with Gasteiger partial charge in [0, 0.05) is 16.0 Å². The molecule has 21 heavy (non-hydrogen) atoms. The van der Waals surface area contributed by atoms with Crippen LogP contribution in [0, 0.1) is 0 Å². The summed E-state index contributed by atoms with van der Waals surface area (Å²) in [6.45, 7) is 3.61. The van der Waals surface area contributed by atoms with Gasteiger partial charge >= 0.3 is 0 Å². The number of hydrogen-bond donors (Lipinski definition) is 2. The molecule has 0 aliphatic heterocycles. The first-order chi connectivity index (χ1) is 9.90. The lowest BCUT2D eigenvalue weighted by Gasteiger charge is -2.16. The van der Waals surface area contributed by atoms with Crippen LogP contribution in [0.3, 0.4) is 0 Å². The molecule has 0 unspecified atom stereocenters. The number of benzene rings is 1.